The van der Waals surface area contributed by atoms with E-state index >= 15 is 0 Å². The van der Waals surface area contributed by atoms with Crippen molar-refractivity contribution < 1.29 is 4.79 Å². The lowest BCUT2D eigenvalue weighted by atomic mass is 9.86. The van der Waals surface area contributed by atoms with E-state index in [1.807, 2.05) is 54.3 Å². The highest BCUT2D eigenvalue weighted by atomic mass is 16.2. The van der Waals surface area contributed by atoms with E-state index in [1.165, 1.54) is 11.1 Å². The van der Waals surface area contributed by atoms with Crippen molar-refractivity contribution in [3.63, 3.8) is 0 Å². The highest BCUT2D eigenvalue weighted by Gasteiger charge is 2.29. The largest absolute Gasteiger partial charge is 0.322 e. The third kappa shape index (κ3) is 5.24. The lowest BCUT2D eigenvalue weighted by Gasteiger charge is -2.36. The summed E-state index contributed by atoms with van der Waals surface area (Å²) >= 11 is 0. The Kier molecular flexibility index (Phi) is 6.51. The van der Waals surface area contributed by atoms with Gasteiger partial charge in [0.15, 0.2) is 0 Å². The van der Waals surface area contributed by atoms with Crippen molar-refractivity contribution in [1.29, 1.82) is 0 Å². The number of nitrogens with zero attached hydrogens (tertiary/aromatic N) is 1. The first-order chi connectivity index (χ1) is 15.1. The molecule has 3 heteroatoms. The number of urea groups is 1. The highest BCUT2D eigenvalue weighted by Crippen LogP contribution is 2.35. The molecule has 158 valence electrons. The zero-order valence-electron chi connectivity index (χ0n) is 18.3. The summed E-state index contributed by atoms with van der Waals surface area (Å²) in [4.78, 5) is 15.5. The first-order valence-electron chi connectivity index (χ1n) is 11.0. The number of fused-ring (bicyclic) bond motifs is 1. The molecule has 1 aliphatic carbocycles. The van der Waals surface area contributed by atoms with Crippen LogP contribution in [0, 0.1) is 6.92 Å². The summed E-state index contributed by atoms with van der Waals surface area (Å²) in [6, 6.07) is 26.9. The van der Waals surface area contributed by atoms with Crippen molar-refractivity contribution in [2.45, 2.75) is 39.2 Å². The Labute approximate surface area is 185 Å². The van der Waals surface area contributed by atoms with Gasteiger partial charge >= 0.3 is 6.03 Å². The Morgan fingerprint density at radius 2 is 1.81 bits per heavy atom. The van der Waals surface area contributed by atoms with Crippen molar-refractivity contribution >= 4 is 17.8 Å². The van der Waals surface area contributed by atoms with E-state index in [9.17, 15) is 4.79 Å². The number of anilines is 1. The quantitative estimate of drug-likeness (QED) is 0.482. The van der Waals surface area contributed by atoms with Crippen molar-refractivity contribution in [2.75, 3.05) is 11.9 Å². The second-order valence-electron chi connectivity index (χ2n) is 8.44. The van der Waals surface area contributed by atoms with E-state index in [0.29, 0.717) is 6.54 Å². The van der Waals surface area contributed by atoms with Gasteiger partial charge in [0.1, 0.15) is 0 Å². The second-order valence-corrected chi connectivity index (χ2v) is 8.44. The van der Waals surface area contributed by atoms with Crippen LogP contribution in [0.4, 0.5) is 10.5 Å². The summed E-state index contributed by atoms with van der Waals surface area (Å²) in [6.07, 6.45) is 5.33. The Bertz CT molecular complexity index is 1070. The summed E-state index contributed by atoms with van der Waals surface area (Å²) in [5, 5.41) is 3.14. The Morgan fingerprint density at radius 1 is 1.03 bits per heavy atom. The van der Waals surface area contributed by atoms with Gasteiger partial charge in [0.2, 0.25) is 0 Å². The van der Waals surface area contributed by atoms with E-state index < -0.39 is 0 Å². The van der Waals surface area contributed by atoms with E-state index in [1.54, 1.807) is 0 Å². The molecule has 1 N–H and O–H groups in total. The Hall–Kier alpha value is -3.33. The predicted octanol–water partition coefficient (Wildman–Crippen LogP) is 7.01. The molecule has 1 atom stereocenters. The SMILES string of the molecule is C/C(=C\c1ccccc1)CN(C(=O)Nc1cccc(C)c1)C1CCCc2ccccc21. The number of benzene rings is 3. The van der Waals surface area contributed by atoms with Gasteiger partial charge in [0.25, 0.3) is 0 Å². The van der Waals surface area contributed by atoms with E-state index in [4.69, 9.17) is 0 Å². The average molecular weight is 411 g/mol. The molecule has 1 aliphatic rings. The zero-order chi connectivity index (χ0) is 21.6. The Balaban J connectivity index is 1.64. The Morgan fingerprint density at radius 3 is 2.61 bits per heavy atom. The van der Waals surface area contributed by atoms with Crippen LogP contribution >= 0.6 is 0 Å². The molecule has 0 heterocycles. The third-order valence-corrected chi connectivity index (χ3v) is 5.88. The maximum Gasteiger partial charge on any atom is 0.322 e. The number of carbonyl (C=O) groups is 1. The van der Waals surface area contributed by atoms with Crippen molar-refractivity contribution in [2.24, 2.45) is 0 Å². The smallest absolute Gasteiger partial charge is 0.313 e. The predicted molar refractivity (Wildman–Crippen MR) is 129 cm³/mol. The van der Waals surface area contributed by atoms with Crippen LogP contribution in [-0.4, -0.2) is 17.5 Å². The fraction of sp³-hybridized carbons (Fsp3) is 0.250. The molecule has 0 fully saturated rings. The molecule has 0 spiro atoms. The van der Waals surface area contributed by atoms with Crippen LogP contribution in [-0.2, 0) is 6.42 Å². The van der Waals surface area contributed by atoms with Crippen LogP contribution < -0.4 is 5.32 Å². The van der Waals surface area contributed by atoms with Crippen LogP contribution in [0.3, 0.4) is 0 Å². The average Bonchev–Trinajstić information content (AvgIpc) is 2.78. The number of rotatable bonds is 5. The van der Waals surface area contributed by atoms with Gasteiger partial charge in [-0.3, -0.25) is 0 Å². The molecule has 1 unspecified atom stereocenters. The molecular weight excluding hydrogens is 380 g/mol. The molecule has 31 heavy (non-hydrogen) atoms. The van der Waals surface area contributed by atoms with E-state index in [2.05, 4.69) is 54.7 Å². The van der Waals surface area contributed by atoms with Crippen LogP contribution in [0.25, 0.3) is 6.08 Å². The van der Waals surface area contributed by atoms with E-state index in [0.717, 1.165) is 41.6 Å². The molecule has 3 aromatic rings. The lowest BCUT2D eigenvalue weighted by Crippen LogP contribution is -2.40. The molecule has 3 aromatic carbocycles. The molecule has 0 radical (unpaired) electrons. The van der Waals surface area contributed by atoms with Gasteiger partial charge in [0, 0.05) is 12.2 Å². The summed E-state index contributed by atoms with van der Waals surface area (Å²) in [5.74, 6) is 0. The van der Waals surface area contributed by atoms with Crippen molar-refractivity contribution in [3.8, 4) is 0 Å². The molecule has 0 saturated carbocycles. The fourth-order valence-electron chi connectivity index (χ4n) is 4.44. The second kappa shape index (κ2) is 9.65. The third-order valence-electron chi connectivity index (χ3n) is 5.88. The number of aryl methyl sites for hydroxylation is 2. The minimum atomic E-state index is -0.0480. The van der Waals surface area contributed by atoms with Gasteiger partial charge < -0.3 is 10.2 Å². The summed E-state index contributed by atoms with van der Waals surface area (Å²) in [7, 11) is 0. The topological polar surface area (TPSA) is 32.3 Å². The number of nitrogens with one attached hydrogen (secondary N) is 1. The van der Waals surface area contributed by atoms with Gasteiger partial charge in [-0.1, -0.05) is 78.4 Å². The minimum absolute atomic E-state index is 0.0480. The zero-order valence-corrected chi connectivity index (χ0v) is 18.3. The molecule has 3 nitrogen and oxygen atoms in total. The highest BCUT2D eigenvalue weighted by molar-refractivity contribution is 5.90. The van der Waals surface area contributed by atoms with Gasteiger partial charge in [-0.25, -0.2) is 4.79 Å². The maximum atomic E-state index is 13.5. The fourth-order valence-corrected chi connectivity index (χ4v) is 4.44. The molecular formula is C28H30N2O. The van der Waals surface area contributed by atoms with Crippen molar-refractivity contribution in [3.05, 3.63) is 107 Å². The lowest BCUT2D eigenvalue weighted by molar-refractivity contribution is 0.186. The summed E-state index contributed by atoms with van der Waals surface area (Å²) in [6.45, 7) is 4.73. The van der Waals surface area contributed by atoms with Crippen LogP contribution in [0.1, 0.15) is 48.1 Å². The minimum Gasteiger partial charge on any atom is -0.313 e. The standard InChI is InChI=1S/C28H30N2O/c1-21-10-8-15-25(19-21)29-28(31)30(20-22(2)18-23-11-4-3-5-12-23)27-17-9-14-24-13-6-7-16-26(24)27/h3-8,10-13,15-16,18-19,27H,9,14,17,20H2,1-2H3,(H,29,31)/b22-18+. The van der Waals surface area contributed by atoms with Crippen LogP contribution in [0.5, 0.6) is 0 Å². The number of carbonyl (C=O) groups excluding carboxylic acids is 1. The maximum absolute atomic E-state index is 13.5. The molecule has 0 aliphatic heterocycles. The number of hydrogen-bond donors (Lipinski definition) is 1. The number of hydrogen-bond acceptors (Lipinski definition) is 1. The first-order valence-corrected chi connectivity index (χ1v) is 11.0. The molecule has 0 bridgehead atoms. The molecule has 2 amide bonds. The normalized spacial score (nSPS) is 15.8. The van der Waals surface area contributed by atoms with Crippen LogP contribution in [0.2, 0.25) is 0 Å². The van der Waals surface area contributed by atoms with Gasteiger partial charge in [-0.05, 0) is 67.5 Å². The monoisotopic (exact) mass is 410 g/mol. The molecule has 4 rings (SSSR count). The first kappa shape index (κ1) is 20.9. The van der Waals surface area contributed by atoms with Gasteiger partial charge in [-0.2, -0.15) is 0 Å². The molecule has 0 saturated heterocycles. The summed E-state index contributed by atoms with van der Waals surface area (Å²) < 4.78 is 0. The van der Waals surface area contributed by atoms with E-state index in [-0.39, 0.29) is 12.1 Å². The molecule has 0 aromatic heterocycles. The van der Waals surface area contributed by atoms with Gasteiger partial charge in [-0.15, -0.1) is 0 Å². The van der Waals surface area contributed by atoms with Crippen LogP contribution in [0.15, 0.2) is 84.4 Å². The van der Waals surface area contributed by atoms with Crippen molar-refractivity contribution in [1.82, 2.24) is 4.90 Å². The summed E-state index contributed by atoms with van der Waals surface area (Å²) in [5.41, 5.74) is 6.92. The van der Waals surface area contributed by atoms with Gasteiger partial charge in [0.05, 0.1) is 6.04 Å². The number of amides is 2.